The molecule has 1 fully saturated rings. The second kappa shape index (κ2) is 9.87. The lowest BCUT2D eigenvalue weighted by Gasteiger charge is -2.34. The highest BCUT2D eigenvalue weighted by molar-refractivity contribution is 5.95. The van der Waals surface area contributed by atoms with Crippen molar-refractivity contribution in [2.45, 2.75) is 37.8 Å². The lowest BCUT2D eigenvalue weighted by Crippen LogP contribution is -2.49. The Bertz CT molecular complexity index is 838. The van der Waals surface area contributed by atoms with E-state index < -0.39 is 12.1 Å². The number of ether oxygens (including phenoxy) is 1. The summed E-state index contributed by atoms with van der Waals surface area (Å²) in [6.45, 7) is 0.521. The minimum absolute atomic E-state index is 0.0794. The molecule has 6 nitrogen and oxygen atoms in total. The second-order valence-electron chi connectivity index (χ2n) is 7.13. The molecule has 1 saturated heterocycles. The number of carbonyl (C=O) groups excluding carboxylic acids is 3. The van der Waals surface area contributed by atoms with Crippen LogP contribution in [0.1, 0.15) is 47.6 Å². The fraction of sp³-hybridized carbons (Fsp3) is 0.348. The number of hydrogen-bond donors (Lipinski definition) is 1. The van der Waals surface area contributed by atoms with Gasteiger partial charge in [-0.25, -0.2) is 4.79 Å². The van der Waals surface area contributed by atoms with Crippen molar-refractivity contribution >= 4 is 17.8 Å². The lowest BCUT2D eigenvalue weighted by atomic mass is 9.98. The second-order valence-corrected chi connectivity index (χ2v) is 7.13. The van der Waals surface area contributed by atoms with Crippen molar-refractivity contribution in [2.24, 2.45) is 0 Å². The minimum Gasteiger partial charge on any atom is -0.467 e. The summed E-state index contributed by atoms with van der Waals surface area (Å²) in [5, 5.41) is 2.98. The molecule has 0 radical (unpaired) electrons. The van der Waals surface area contributed by atoms with Gasteiger partial charge in [0.15, 0.2) is 0 Å². The normalized spacial score (nSPS) is 17.3. The van der Waals surface area contributed by atoms with Crippen molar-refractivity contribution in [3.8, 4) is 0 Å². The molecule has 2 atom stereocenters. The van der Waals surface area contributed by atoms with Gasteiger partial charge in [-0.15, -0.1) is 0 Å². The number of benzene rings is 2. The number of hydrogen-bond acceptors (Lipinski definition) is 4. The summed E-state index contributed by atoms with van der Waals surface area (Å²) < 4.78 is 4.88. The number of nitrogens with one attached hydrogen (secondary N) is 1. The van der Waals surface area contributed by atoms with Crippen LogP contribution in [0.4, 0.5) is 0 Å². The van der Waals surface area contributed by atoms with Crippen LogP contribution in [0, 0.1) is 0 Å². The van der Waals surface area contributed by atoms with Gasteiger partial charge in [-0.05, 0) is 37.0 Å². The van der Waals surface area contributed by atoms with E-state index in [-0.39, 0.29) is 24.2 Å². The van der Waals surface area contributed by atoms with Crippen molar-refractivity contribution in [2.75, 3.05) is 13.7 Å². The van der Waals surface area contributed by atoms with Gasteiger partial charge >= 0.3 is 5.97 Å². The third-order valence-corrected chi connectivity index (χ3v) is 5.22. The first-order valence-corrected chi connectivity index (χ1v) is 9.88. The van der Waals surface area contributed by atoms with E-state index >= 15 is 0 Å². The number of nitrogens with zero attached hydrogens (tertiary/aromatic N) is 1. The highest BCUT2D eigenvalue weighted by Gasteiger charge is 2.34. The van der Waals surface area contributed by atoms with E-state index in [1.807, 2.05) is 36.4 Å². The third kappa shape index (κ3) is 5.22. The van der Waals surface area contributed by atoms with Crippen LogP contribution < -0.4 is 5.32 Å². The van der Waals surface area contributed by atoms with Crippen LogP contribution in [0.3, 0.4) is 0 Å². The Morgan fingerprint density at radius 3 is 2.34 bits per heavy atom. The molecule has 2 amide bonds. The Hall–Kier alpha value is -3.15. The van der Waals surface area contributed by atoms with Crippen LogP contribution in [0.15, 0.2) is 60.7 Å². The van der Waals surface area contributed by atoms with Crippen LogP contribution in [0.2, 0.25) is 0 Å². The molecule has 0 saturated carbocycles. The smallest absolute Gasteiger partial charge is 0.328 e. The van der Waals surface area contributed by atoms with Gasteiger partial charge in [0.05, 0.1) is 19.6 Å². The average molecular weight is 394 g/mol. The number of rotatable bonds is 6. The van der Waals surface area contributed by atoms with Gasteiger partial charge < -0.3 is 15.0 Å². The first kappa shape index (κ1) is 20.6. The monoisotopic (exact) mass is 394 g/mol. The maximum Gasteiger partial charge on any atom is 0.328 e. The molecule has 1 heterocycles. The van der Waals surface area contributed by atoms with Crippen molar-refractivity contribution in [1.82, 2.24) is 10.2 Å². The summed E-state index contributed by atoms with van der Waals surface area (Å²) in [5.41, 5.74) is 1.38. The molecule has 2 aromatic rings. The van der Waals surface area contributed by atoms with Crippen molar-refractivity contribution in [3.05, 3.63) is 71.8 Å². The van der Waals surface area contributed by atoms with E-state index in [0.29, 0.717) is 18.5 Å². The molecule has 1 aliphatic heterocycles. The molecular weight excluding hydrogens is 368 g/mol. The number of likely N-dealkylation sites (tertiary alicyclic amines) is 1. The summed E-state index contributed by atoms with van der Waals surface area (Å²) >= 11 is 0. The average Bonchev–Trinajstić information content (AvgIpc) is 2.79. The summed E-state index contributed by atoms with van der Waals surface area (Å²) in [5.74, 6) is -0.791. The summed E-state index contributed by atoms with van der Waals surface area (Å²) in [4.78, 5) is 39.5. The summed E-state index contributed by atoms with van der Waals surface area (Å²) in [6, 6.07) is 17.3. The molecule has 0 aliphatic carbocycles. The Morgan fingerprint density at radius 1 is 1.03 bits per heavy atom. The quantitative estimate of drug-likeness (QED) is 0.764. The van der Waals surface area contributed by atoms with Gasteiger partial charge in [0.2, 0.25) is 5.91 Å². The molecule has 152 valence electrons. The molecule has 1 aliphatic rings. The number of carbonyl (C=O) groups is 3. The molecular formula is C23H26N2O4. The zero-order valence-electron chi connectivity index (χ0n) is 16.5. The van der Waals surface area contributed by atoms with Gasteiger partial charge in [-0.3, -0.25) is 9.59 Å². The predicted molar refractivity (Wildman–Crippen MR) is 109 cm³/mol. The maximum atomic E-state index is 13.1. The van der Waals surface area contributed by atoms with Gasteiger partial charge in [0.1, 0.15) is 6.04 Å². The van der Waals surface area contributed by atoms with E-state index in [2.05, 4.69) is 5.32 Å². The van der Waals surface area contributed by atoms with Gasteiger partial charge in [-0.1, -0.05) is 48.5 Å². The molecule has 0 bridgehead atoms. The molecule has 2 aromatic carbocycles. The molecule has 29 heavy (non-hydrogen) atoms. The van der Waals surface area contributed by atoms with Crippen LogP contribution in [-0.2, 0) is 14.3 Å². The Balaban J connectivity index is 1.78. The molecule has 2 unspecified atom stereocenters. The molecule has 6 heteroatoms. The van der Waals surface area contributed by atoms with Crippen LogP contribution in [0.5, 0.6) is 0 Å². The number of piperidine rings is 1. The SMILES string of the molecule is COC(=O)C1CCCCN1C(=O)CC(NC(=O)c1ccccc1)c1ccccc1. The van der Waals surface area contributed by atoms with Crippen molar-refractivity contribution in [3.63, 3.8) is 0 Å². The minimum atomic E-state index is -0.553. The Kier molecular flexibility index (Phi) is 7.00. The van der Waals surface area contributed by atoms with E-state index in [1.54, 1.807) is 29.2 Å². The summed E-state index contributed by atoms with van der Waals surface area (Å²) in [6.07, 6.45) is 2.42. The highest BCUT2D eigenvalue weighted by atomic mass is 16.5. The van der Waals surface area contributed by atoms with Crippen LogP contribution in [-0.4, -0.2) is 42.4 Å². The molecule has 0 aromatic heterocycles. The number of amides is 2. The fourth-order valence-corrected chi connectivity index (χ4v) is 3.67. The fourth-order valence-electron chi connectivity index (χ4n) is 3.67. The highest BCUT2D eigenvalue weighted by Crippen LogP contribution is 2.24. The van der Waals surface area contributed by atoms with E-state index in [9.17, 15) is 14.4 Å². The number of esters is 1. The van der Waals surface area contributed by atoms with Crippen LogP contribution in [0.25, 0.3) is 0 Å². The Labute approximate surface area is 170 Å². The summed E-state index contributed by atoms with van der Waals surface area (Å²) in [7, 11) is 1.34. The molecule has 0 spiro atoms. The standard InChI is InChI=1S/C23H26N2O4/c1-29-23(28)20-14-8-9-15-25(20)21(26)16-19(17-10-4-2-5-11-17)24-22(27)18-12-6-3-7-13-18/h2-7,10-13,19-20H,8-9,14-16H2,1H3,(H,24,27). The van der Waals surface area contributed by atoms with Gasteiger partial charge in [0, 0.05) is 12.1 Å². The first-order chi connectivity index (χ1) is 14.1. The first-order valence-electron chi connectivity index (χ1n) is 9.88. The van der Waals surface area contributed by atoms with Crippen molar-refractivity contribution in [1.29, 1.82) is 0 Å². The zero-order valence-corrected chi connectivity index (χ0v) is 16.5. The van der Waals surface area contributed by atoms with Gasteiger partial charge in [-0.2, -0.15) is 0 Å². The van der Waals surface area contributed by atoms with Crippen molar-refractivity contribution < 1.29 is 19.1 Å². The Morgan fingerprint density at radius 2 is 1.69 bits per heavy atom. The lowest BCUT2D eigenvalue weighted by molar-refractivity contribution is -0.154. The largest absolute Gasteiger partial charge is 0.467 e. The molecule has 3 rings (SSSR count). The number of methoxy groups -OCH3 is 1. The van der Waals surface area contributed by atoms with E-state index in [1.165, 1.54) is 7.11 Å². The third-order valence-electron chi connectivity index (χ3n) is 5.22. The predicted octanol–water partition coefficient (Wildman–Crippen LogP) is 3.10. The zero-order chi connectivity index (χ0) is 20.6. The topological polar surface area (TPSA) is 75.7 Å². The van der Waals surface area contributed by atoms with E-state index in [4.69, 9.17) is 4.74 Å². The van der Waals surface area contributed by atoms with Crippen LogP contribution >= 0.6 is 0 Å². The molecule has 1 N–H and O–H groups in total. The van der Waals surface area contributed by atoms with E-state index in [0.717, 1.165) is 18.4 Å². The maximum absolute atomic E-state index is 13.1. The van der Waals surface area contributed by atoms with Gasteiger partial charge in [0.25, 0.3) is 5.91 Å².